The molecular weight excluding hydrogens is 376 g/mol. The molecule has 1 aromatic heterocycles. The third-order valence-corrected chi connectivity index (χ3v) is 4.28. The normalized spacial score (nSPS) is 10.4. The second-order valence-corrected chi connectivity index (χ2v) is 6.32. The molecule has 3 aromatic rings. The largest absolute Gasteiger partial charge is 0.467 e. The van der Waals surface area contributed by atoms with E-state index >= 15 is 0 Å². The number of benzene rings is 2. The molecule has 0 bridgehead atoms. The number of aryl methyl sites for hydroxylation is 1. The molecule has 8 nitrogen and oxygen atoms in total. The van der Waals surface area contributed by atoms with Crippen LogP contribution in [0.3, 0.4) is 0 Å². The third kappa shape index (κ3) is 4.49. The fraction of sp³-hybridized carbons (Fsp3) is 0.143. The van der Waals surface area contributed by atoms with Crippen molar-refractivity contribution >= 4 is 23.3 Å². The van der Waals surface area contributed by atoms with Crippen LogP contribution in [-0.4, -0.2) is 23.9 Å². The van der Waals surface area contributed by atoms with Crippen LogP contribution in [0.4, 0.5) is 11.4 Å². The van der Waals surface area contributed by atoms with E-state index in [0.29, 0.717) is 11.4 Å². The Morgan fingerprint density at radius 3 is 2.38 bits per heavy atom. The van der Waals surface area contributed by atoms with Crippen LogP contribution in [0.1, 0.15) is 32.0 Å². The summed E-state index contributed by atoms with van der Waals surface area (Å²) in [7, 11) is 1.16. The number of nitrogens with zero attached hydrogens (tertiary/aromatic N) is 2. The first-order chi connectivity index (χ1) is 13.9. The van der Waals surface area contributed by atoms with Crippen molar-refractivity contribution in [1.29, 1.82) is 0 Å². The van der Waals surface area contributed by atoms with Crippen LogP contribution in [0.5, 0.6) is 0 Å². The molecule has 0 fully saturated rings. The Labute approximate surface area is 166 Å². The van der Waals surface area contributed by atoms with E-state index in [1.54, 1.807) is 24.3 Å². The minimum Gasteiger partial charge on any atom is -0.467 e. The number of nitro benzene ring substituents is 1. The second kappa shape index (κ2) is 8.39. The SMILES string of the molecule is COC(=O)c1cc(C(=O)N(Cc2ccco2)c2ccc(C)cc2)cc([N+](=O)[O-])c1. The van der Waals surface area contributed by atoms with E-state index in [4.69, 9.17) is 4.42 Å². The molecule has 1 heterocycles. The van der Waals surface area contributed by atoms with Gasteiger partial charge in [0.15, 0.2) is 0 Å². The van der Waals surface area contributed by atoms with Crippen LogP contribution in [0, 0.1) is 17.0 Å². The summed E-state index contributed by atoms with van der Waals surface area (Å²) < 4.78 is 10.0. The number of non-ortho nitro benzene ring substituents is 1. The Morgan fingerprint density at radius 1 is 1.10 bits per heavy atom. The van der Waals surface area contributed by atoms with Gasteiger partial charge in [0.2, 0.25) is 0 Å². The number of carbonyl (C=O) groups excluding carboxylic acids is 2. The summed E-state index contributed by atoms with van der Waals surface area (Å²) in [6.07, 6.45) is 1.50. The molecule has 0 saturated carbocycles. The molecule has 2 aromatic carbocycles. The Bertz CT molecular complexity index is 1040. The highest BCUT2D eigenvalue weighted by Gasteiger charge is 2.24. The fourth-order valence-electron chi connectivity index (χ4n) is 2.80. The van der Waals surface area contributed by atoms with Gasteiger partial charge in [0.05, 0.1) is 30.4 Å². The summed E-state index contributed by atoms with van der Waals surface area (Å²) in [5.41, 5.74) is 1.14. The molecule has 0 aliphatic heterocycles. The van der Waals surface area contributed by atoms with E-state index in [1.807, 2.05) is 19.1 Å². The predicted octanol–water partition coefficient (Wildman–Crippen LogP) is 4.13. The molecular formula is C21H18N2O6. The zero-order chi connectivity index (χ0) is 21.0. The molecule has 0 aliphatic carbocycles. The van der Waals surface area contributed by atoms with Crippen molar-refractivity contribution in [3.8, 4) is 0 Å². The van der Waals surface area contributed by atoms with Crippen molar-refractivity contribution in [1.82, 2.24) is 0 Å². The summed E-state index contributed by atoms with van der Waals surface area (Å²) in [4.78, 5) is 37.3. The summed E-state index contributed by atoms with van der Waals surface area (Å²) >= 11 is 0. The maximum atomic E-state index is 13.3. The van der Waals surface area contributed by atoms with Crippen LogP contribution in [-0.2, 0) is 11.3 Å². The highest BCUT2D eigenvalue weighted by atomic mass is 16.6. The van der Waals surface area contributed by atoms with E-state index in [0.717, 1.165) is 24.8 Å². The Balaban J connectivity index is 2.07. The van der Waals surface area contributed by atoms with Crippen molar-refractivity contribution in [2.24, 2.45) is 0 Å². The summed E-state index contributed by atoms with van der Waals surface area (Å²) in [6, 6.07) is 14.2. The molecule has 0 spiro atoms. The van der Waals surface area contributed by atoms with Gasteiger partial charge < -0.3 is 14.1 Å². The molecule has 29 heavy (non-hydrogen) atoms. The molecule has 0 aliphatic rings. The molecule has 3 rings (SSSR count). The van der Waals surface area contributed by atoms with E-state index in [2.05, 4.69) is 4.74 Å². The molecule has 0 radical (unpaired) electrons. The monoisotopic (exact) mass is 394 g/mol. The average molecular weight is 394 g/mol. The lowest BCUT2D eigenvalue weighted by atomic mass is 10.1. The fourth-order valence-corrected chi connectivity index (χ4v) is 2.80. The first kappa shape index (κ1) is 19.8. The van der Waals surface area contributed by atoms with Gasteiger partial charge in [-0.3, -0.25) is 14.9 Å². The Morgan fingerprint density at radius 2 is 1.79 bits per heavy atom. The lowest BCUT2D eigenvalue weighted by Gasteiger charge is -2.22. The van der Waals surface area contributed by atoms with Gasteiger partial charge in [-0.25, -0.2) is 4.79 Å². The van der Waals surface area contributed by atoms with Crippen LogP contribution in [0.15, 0.2) is 65.3 Å². The number of hydrogen-bond donors (Lipinski definition) is 0. The highest BCUT2D eigenvalue weighted by molar-refractivity contribution is 6.07. The van der Waals surface area contributed by atoms with Gasteiger partial charge in [0.1, 0.15) is 5.76 Å². The third-order valence-electron chi connectivity index (χ3n) is 4.28. The average Bonchev–Trinajstić information content (AvgIpc) is 3.24. The number of anilines is 1. The minimum atomic E-state index is -0.768. The molecule has 0 atom stereocenters. The highest BCUT2D eigenvalue weighted by Crippen LogP contribution is 2.24. The summed E-state index contributed by atoms with van der Waals surface area (Å²) in [6.45, 7) is 2.04. The van der Waals surface area contributed by atoms with E-state index in [-0.39, 0.29) is 23.4 Å². The summed E-state index contributed by atoms with van der Waals surface area (Å²) in [5, 5.41) is 11.3. The van der Waals surface area contributed by atoms with Gasteiger partial charge in [-0.05, 0) is 37.3 Å². The van der Waals surface area contributed by atoms with Crippen LogP contribution >= 0.6 is 0 Å². The number of methoxy groups -OCH3 is 1. The number of rotatable bonds is 6. The number of nitro groups is 1. The zero-order valence-electron chi connectivity index (χ0n) is 15.8. The van der Waals surface area contributed by atoms with Gasteiger partial charge in [-0.2, -0.15) is 0 Å². The van der Waals surface area contributed by atoms with Crippen molar-refractivity contribution in [3.05, 3.63) is 93.4 Å². The zero-order valence-corrected chi connectivity index (χ0v) is 15.8. The van der Waals surface area contributed by atoms with Crippen molar-refractivity contribution in [3.63, 3.8) is 0 Å². The number of hydrogen-bond acceptors (Lipinski definition) is 6. The topological polar surface area (TPSA) is 103 Å². The predicted molar refractivity (Wildman–Crippen MR) is 105 cm³/mol. The van der Waals surface area contributed by atoms with E-state index in [9.17, 15) is 19.7 Å². The second-order valence-electron chi connectivity index (χ2n) is 6.32. The number of carbonyl (C=O) groups is 2. The number of furan rings is 1. The first-order valence-corrected chi connectivity index (χ1v) is 8.67. The van der Waals surface area contributed by atoms with Crippen molar-refractivity contribution in [2.75, 3.05) is 12.0 Å². The van der Waals surface area contributed by atoms with Crippen LogP contribution in [0.25, 0.3) is 0 Å². The van der Waals surface area contributed by atoms with Gasteiger partial charge in [0.25, 0.3) is 11.6 Å². The molecule has 148 valence electrons. The Kier molecular flexibility index (Phi) is 5.73. The van der Waals surface area contributed by atoms with Gasteiger partial charge in [0, 0.05) is 23.4 Å². The minimum absolute atomic E-state index is 0.00766. The molecule has 1 amide bonds. The number of ether oxygens (including phenoxy) is 1. The molecule has 0 unspecified atom stereocenters. The summed E-state index contributed by atoms with van der Waals surface area (Å²) in [5.74, 6) is -0.743. The van der Waals surface area contributed by atoms with Crippen molar-refractivity contribution in [2.45, 2.75) is 13.5 Å². The maximum Gasteiger partial charge on any atom is 0.338 e. The maximum absolute atomic E-state index is 13.3. The molecule has 0 N–H and O–H groups in total. The van der Waals surface area contributed by atoms with E-state index in [1.165, 1.54) is 17.2 Å². The number of amides is 1. The molecule has 8 heteroatoms. The lowest BCUT2D eigenvalue weighted by Crippen LogP contribution is -2.30. The lowest BCUT2D eigenvalue weighted by molar-refractivity contribution is -0.384. The van der Waals surface area contributed by atoms with Gasteiger partial charge >= 0.3 is 5.97 Å². The molecule has 0 saturated heterocycles. The quantitative estimate of drug-likeness (QED) is 0.354. The first-order valence-electron chi connectivity index (χ1n) is 8.67. The van der Waals surface area contributed by atoms with Crippen molar-refractivity contribution < 1.29 is 23.7 Å². The van der Waals surface area contributed by atoms with Crippen LogP contribution in [0.2, 0.25) is 0 Å². The number of esters is 1. The standard InChI is InChI=1S/C21H18N2O6/c1-14-5-7-17(8-6-14)22(13-19-4-3-9-29-19)20(24)15-10-16(21(25)28-2)12-18(11-15)23(26)27/h3-12H,13H2,1-2H3. The van der Waals surface area contributed by atoms with E-state index < -0.39 is 16.8 Å². The van der Waals surface area contributed by atoms with Gasteiger partial charge in [-0.1, -0.05) is 17.7 Å². The van der Waals surface area contributed by atoms with Gasteiger partial charge in [-0.15, -0.1) is 0 Å². The Hall–Kier alpha value is -3.94. The smallest absolute Gasteiger partial charge is 0.338 e. The van der Waals surface area contributed by atoms with Crippen LogP contribution < -0.4 is 4.90 Å².